The number of rotatable bonds is 5. The summed E-state index contributed by atoms with van der Waals surface area (Å²) < 4.78 is 51.3. The summed E-state index contributed by atoms with van der Waals surface area (Å²) in [4.78, 5) is -0.498. The van der Waals surface area contributed by atoms with E-state index < -0.39 is 26.6 Å². The Hall–Kier alpha value is -0.530. The quantitative estimate of drug-likeness (QED) is 0.778. The molecular weight excluding hydrogens is 316 g/mol. The van der Waals surface area contributed by atoms with Crippen molar-refractivity contribution in [3.63, 3.8) is 0 Å². The molecule has 1 aromatic rings. The number of alkyl halides is 1. The van der Waals surface area contributed by atoms with Gasteiger partial charge in [-0.3, -0.25) is 0 Å². The molecule has 0 bridgehead atoms. The molecule has 0 aliphatic carbocycles. The van der Waals surface area contributed by atoms with Crippen LogP contribution < -0.4 is 0 Å². The van der Waals surface area contributed by atoms with Gasteiger partial charge in [-0.15, -0.1) is 0 Å². The predicted molar refractivity (Wildman–Crippen MR) is 64.6 cm³/mol. The van der Waals surface area contributed by atoms with Crippen LogP contribution in [0.5, 0.6) is 0 Å². The van der Waals surface area contributed by atoms with Crippen LogP contribution in [0.3, 0.4) is 0 Å². The second kappa shape index (κ2) is 5.88. The molecule has 0 radical (unpaired) electrons. The van der Waals surface area contributed by atoms with E-state index in [1.165, 1.54) is 0 Å². The highest BCUT2D eigenvalue weighted by Crippen LogP contribution is 2.20. The highest BCUT2D eigenvalue weighted by Gasteiger charge is 2.25. The molecule has 0 aromatic heterocycles. The standard InChI is InChI=1S/C10H12BrF2NO2S/c1-2-14(6-5-11)17(15,16)10-4-3-8(12)7-9(10)13/h3-4,7H,2,5-6H2,1H3. The molecule has 0 aliphatic heterocycles. The van der Waals surface area contributed by atoms with Crippen LogP contribution in [0.4, 0.5) is 8.78 Å². The van der Waals surface area contributed by atoms with Gasteiger partial charge in [0.05, 0.1) is 0 Å². The number of nitrogens with zero attached hydrogens (tertiary/aromatic N) is 1. The first-order valence-corrected chi connectivity index (χ1v) is 7.50. The van der Waals surface area contributed by atoms with Crippen molar-refractivity contribution in [1.29, 1.82) is 0 Å². The van der Waals surface area contributed by atoms with E-state index in [1.54, 1.807) is 6.92 Å². The third kappa shape index (κ3) is 3.23. The number of hydrogen-bond acceptors (Lipinski definition) is 2. The SMILES string of the molecule is CCN(CCBr)S(=O)(=O)c1ccc(F)cc1F. The van der Waals surface area contributed by atoms with Crippen LogP contribution in [-0.4, -0.2) is 31.1 Å². The largest absolute Gasteiger partial charge is 0.246 e. The summed E-state index contributed by atoms with van der Waals surface area (Å²) in [7, 11) is -3.90. The maximum atomic E-state index is 13.4. The lowest BCUT2D eigenvalue weighted by Crippen LogP contribution is -2.33. The monoisotopic (exact) mass is 327 g/mol. The molecule has 0 unspecified atom stereocenters. The lowest BCUT2D eigenvalue weighted by atomic mass is 10.3. The van der Waals surface area contributed by atoms with E-state index in [-0.39, 0.29) is 13.1 Å². The van der Waals surface area contributed by atoms with Crippen molar-refractivity contribution >= 4 is 26.0 Å². The number of halogens is 3. The Labute approximate surface area is 108 Å². The molecule has 0 N–H and O–H groups in total. The first-order chi connectivity index (χ1) is 7.93. The number of sulfonamides is 1. The van der Waals surface area contributed by atoms with Gasteiger partial charge in [-0.2, -0.15) is 4.31 Å². The van der Waals surface area contributed by atoms with E-state index in [0.29, 0.717) is 11.4 Å². The molecule has 0 atom stereocenters. The van der Waals surface area contributed by atoms with E-state index in [9.17, 15) is 17.2 Å². The van der Waals surface area contributed by atoms with Crippen LogP contribution in [0.15, 0.2) is 23.1 Å². The van der Waals surface area contributed by atoms with Crippen LogP contribution in [0.2, 0.25) is 0 Å². The van der Waals surface area contributed by atoms with Gasteiger partial charge in [0.1, 0.15) is 16.5 Å². The summed E-state index contributed by atoms with van der Waals surface area (Å²) in [6.45, 7) is 2.11. The van der Waals surface area contributed by atoms with Crippen molar-refractivity contribution in [2.75, 3.05) is 18.4 Å². The van der Waals surface area contributed by atoms with Crippen molar-refractivity contribution in [3.05, 3.63) is 29.8 Å². The van der Waals surface area contributed by atoms with Gasteiger partial charge < -0.3 is 0 Å². The van der Waals surface area contributed by atoms with Gasteiger partial charge in [0, 0.05) is 24.5 Å². The summed E-state index contributed by atoms with van der Waals surface area (Å²) in [6, 6.07) is 2.43. The first kappa shape index (κ1) is 14.5. The minimum Gasteiger partial charge on any atom is -0.207 e. The summed E-state index contributed by atoms with van der Waals surface area (Å²) in [5, 5.41) is 0.447. The number of benzene rings is 1. The van der Waals surface area contributed by atoms with Gasteiger partial charge >= 0.3 is 0 Å². The highest BCUT2D eigenvalue weighted by molar-refractivity contribution is 9.09. The Kier molecular flexibility index (Phi) is 5.03. The Morgan fingerprint density at radius 3 is 2.47 bits per heavy atom. The summed E-state index contributed by atoms with van der Waals surface area (Å²) >= 11 is 3.13. The van der Waals surface area contributed by atoms with E-state index in [4.69, 9.17) is 0 Å². The fourth-order valence-electron chi connectivity index (χ4n) is 1.37. The lowest BCUT2D eigenvalue weighted by molar-refractivity contribution is 0.442. The van der Waals surface area contributed by atoms with E-state index in [2.05, 4.69) is 15.9 Å². The second-order valence-corrected chi connectivity index (χ2v) is 5.96. The lowest BCUT2D eigenvalue weighted by Gasteiger charge is -2.19. The summed E-state index contributed by atoms with van der Waals surface area (Å²) in [5.74, 6) is -1.87. The molecule has 0 fully saturated rings. The molecule has 3 nitrogen and oxygen atoms in total. The minimum absolute atomic E-state index is 0.227. The highest BCUT2D eigenvalue weighted by atomic mass is 79.9. The fraction of sp³-hybridized carbons (Fsp3) is 0.400. The molecule has 1 aromatic carbocycles. The molecule has 0 saturated carbocycles. The molecule has 0 amide bonds. The van der Waals surface area contributed by atoms with Gasteiger partial charge in [-0.1, -0.05) is 22.9 Å². The second-order valence-electron chi connectivity index (χ2n) is 3.26. The molecule has 17 heavy (non-hydrogen) atoms. The average Bonchev–Trinajstić information content (AvgIpc) is 2.24. The maximum absolute atomic E-state index is 13.4. The van der Waals surface area contributed by atoms with Crippen molar-refractivity contribution in [2.24, 2.45) is 0 Å². The zero-order valence-corrected chi connectivity index (χ0v) is 11.6. The van der Waals surface area contributed by atoms with Crippen LogP contribution in [-0.2, 0) is 10.0 Å². The van der Waals surface area contributed by atoms with Crippen molar-refractivity contribution < 1.29 is 17.2 Å². The zero-order chi connectivity index (χ0) is 13.1. The molecule has 0 saturated heterocycles. The summed E-state index contributed by atoms with van der Waals surface area (Å²) in [5.41, 5.74) is 0. The maximum Gasteiger partial charge on any atom is 0.246 e. The summed E-state index contributed by atoms with van der Waals surface area (Å²) in [6.07, 6.45) is 0. The number of hydrogen-bond donors (Lipinski definition) is 0. The van der Waals surface area contributed by atoms with Crippen molar-refractivity contribution in [2.45, 2.75) is 11.8 Å². The molecule has 0 spiro atoms. The fourth-order valence-corrected chi connectivity index (χ4v) is 3.52. The third-order valence-corrected chi connectivity index (χ3v) is 4.56. The Morgan fingerprint density at radius 2 is 2.00 bits per heavy atom. The van der Waals surface area contributed by atoms with Gasteiger partial charge in [0.25, 0.3) is 0 Å². The van der Waals surface area contributed by atoms with Crippen LogP contribution >= 0.6 is 15.9 Å². The predicted octanol–water partition coefficient (Wildman–Crippen LogP) is 2.37. The zero-order valence-electron chi connectivity index (χ0n) is 9.16. The minimum atomic E-state index is -3.90. The van der Waals surface area contributed by atoms with E-state index >= 15 is 0 Å². The molecule has 1 rings (SSSR count). The van der Waals surface area contributed by atoms with E-state index in [1.807, 2.05) is 0 Å². The van der Waals surface area contributed by atoms with Gasteiger partial charge in [0.2, 0.25) is 10.0 Å². The molecular formula is C10H12BrF2NO2S. The van der Waals surface area contributed by atoms with E-state index in [0.717, 1.165) is 16.4 Å². The van der Waals surface area contributed by atoms with Crippen molar-refractivity contribution in [3.8, 4) is 0 Å². The molecule has 0 aliphatic rings. The normalized spacial score (nSPS) is 12.1. The van der Waals surface area contributed by atoms with Gasteiger partial charge in [-0.05, 0) is 12.1 Å². The third-order valence-electron chi connectivity index (χ3n) is 2.20. The first-order valence-electron chi connectivity index (χ1n) is 4.94. The van der Waals surface area contributed by atoms with Crippen LogP contribution in [0.25, 0.3) is 0 Å². The van der Waals surface area contributed by atoms with Gasteiger partial charge in [-0.25, -0.2) is 17.2 Å². The average molecular weight is 328 g/mol. The van der Waals surface area contributed by atoms with Crippen LogP contribution in [0, 0.1) is 11.6 Å². The smallest absolute Gasteiger partial charge is 0.207 e. The topological polar surface area (TPSA) is 37.4 Å². The molecule has 96 valence electrons. The Balaban J connectivity index is 3.20. The Bertz CT molecular complexity index is 493. The Morgan fingerprint density at radius 1 is 1.35 bits per heavy atom. The van der Waals surface area contributed by atoms with Crippen molar-refractivity contribution in [1.82, 2.24) is 4.31 Å². The molecule has 0 heterocycles. The van der Waals surface area contributed by atoms with Crippen LogP contribution in [0.1, 0.15) is 6.92 Å². The van der Waals surface area contributed by atoms with Gasteiger partial charge in [0.15, 0.2) is 0 Å². The molecule has 7 heteroatoms.